The number of thioether (sulfide) groups is 1. The summed E-state index contributed by atoms with van der Waals surface area (Å²) in [7, 11) is 0. The van der Waals surface area contributed by atoms with Crippen LogP contribution in [0.4, 0.5) is 0 Å². The number of hydrogen-bond donors (Lipinski definition) is 1. The maximum Gasteiger partial charge on any atom is 0.191 e. The molecule has 1 atom stereocenters. The Balaban J connectivity index is 1.27. The highest BCUT2D eigenvalue weighted by Gasteiger charge is 2.19. The van der Waals surface area contributed by atoms with Gasteiger partial charge < -0.3 is 9.84 Å². The van der Waals surface area contributed by atoms with Gasteiger partial charge in [0.1, 0.15) is 11.5 Å². The quantitative estimate of drug-likeness (QED) is 0.0452. The van der Waals surface area contributed by atoms with Crippen molar-refractivity contribution in [1.82, 2.24) is 15.0 Å². The first kappa shape index (κ1) is 38.6. The number of aromatic nitrogens is 3. The van der Waals surface area contributed by atoms with Gasteiger partial charge in [-0.3, -0.25) is 0 Å². The number of nitrogens with zero attached hydrogens (tertiary/aromatic N) is 3. The van der Waals surface area contributed by atoms with Crippen LogP contribution in [0.15, 0.2) is 90.1 Å². The highest BCUT2D eigenvalue weighted by Crippen LogP contribution is 2.39. The smallest absolute Gasteiger partial charge is 0.191 e. The van der Waals surface area contributed by atoms with Crippen molar-refractivity contribution in [2.24, 2.45) is 5.92 Å². The second kappa shape index (κ2) is 19.8. The maximum atomic E-state index is 11.4. The van der Waals surface area contributed by atoms with Gasteiger partial charge in [0.15, 0.2) is 16.8 Å². The Kier molecular flexibility index (Phi) is 14.4. The van der Waals surface area contributed by atoms with E-state index in [1.807, 2.05) is 12.1 Å². The van der Waals surface area contributed by atoms with Crippen molar-refractivity contribution in [3.05, 3.63) is 84.9 Å². The van der Waals surface area contributed by atoms with E-state index >= 15 is 0 Å². The van der Waals surface area contributed by atoms with Crippen LogP contribution in [-0.4, -0.2) is 32.4 Å². The van der Waals surface area contributed by atoms with Crippen molar-refractivity contribution >= 4 is 44.1 Å². The molecule has 0 saturated carbocycles. The molecular formula is C47H57N3O2S. The van der Waals surface area contributed by atoms with Crippen LogP contribution in [-0.2, 0) is 0 Å². The molecule has 0 aliphatic carbocycles. The molecule has 278 valence electrons. The van der Waals surface area contributed by atoms with Gasteiger partial charge in [0.2, 0.25) is 0 Å². The van der Waals surface area contributed by atoms with Gasteiger partial charge in [-0.2, -0.15) is 0 Å². The predicted octanol–water partition coefficient (Wildman–Crippen LogP) is 14.0. The molecule has 1 unspecified atom stereocenters. The Labute approximate surface area is 321 Å². The summed E-state index contributed by atoms with van der Waals surface area (Å²) < 4.78 is 6.08. The average molecular weight is 728 g/mol. The lowest BCUT2D eigenvalue weighted by Gasteiger charge is -2.15. The van der Waals surface area contributed by atoms with Crippen LogP contribution in [0.3, 0.4) is 0 Å². The van der Waals surface area contributed by atoms with E-state index in [1.54, 1.807) is 17.8 Å². The van der Waals surface area contributed by atoms with Crippen LogP contribution in [0.5, 0.6) is 11.5 Å². The van der Waals surface area contributed by atoms with Gasteiger partial charge >= 0.3 is 0 Å². The zero-order valence-electron chi connectivity index (χ0n) is 32.1. The van der Waals surface area contributed by atoms with Gasteiger partial charge in [-0.25, -0.2) is 15.0 Å². The Morgan fingerprint density at radius 2 is 1.23 bits per heavy atom. The second-order valence-corrected chi connectivity index (χ2v) is 15.5. The van der Waals surface area contributed by atoms with Crippen molar-refractivity contribution in [1.29, 1.82) is 0 Å². The van der Waals surface area contributed by atoms with Gasteiger partial charge in [-0.15, -0.1) is 0 Å². The highest BCUT2D eigenvalue weighted by atomic mass is 32.2. The van der Waals surface area contributed by atoms with E-state index in [0.29, 0.717) is 40.6 Å². The lowest BCUT2D eigenvalue weighted by Crippen LogP contribution is -2.05. The van der Waals surface area contributed by atoms with Crippen LogP contribution >= 0.6 is 11.8 Å². The first-order valence-corrected chi connectivity index (χ1v) is 21.3. The Hall–Kier alpha value is -4.16. The number of hydrogen-bond acceptors (Lipinski definition) is 6. The molecule has 6 aromatic rings. The number of unbranched alkanes of at least 4 members (excludes halogenated alkanes) is 10. The van der Waals surface area contributed by atoms with E-state index in [0.717, 1.165) is 29.5 Å². The standard InChI is InChI=1S/C47H57N3O2S/c1-4-7-9-10-11-12-13-14-15-20-30-52-36-27-29-41(44(51)31-36)45-48-46(50-47(49-45)53-33-34(6-3)21-8-5-2)43-32-42-37-23-17-16-22-35(37)26-28-40(42)38-24-18-19-25-39(38)43/h16-19,22-29,31-32,34,51H,4-15,20-21,30,33H2,1-3H3. The van der Waals surface area contributed by atoms with Crippen LogP contribution in [0, 0.1) is 5.92 Å². The second-order valence-electron chi connectivity index (χ2n) is 14.6. The first-order valence-electron chi connectivity index (χ1n) is 20.3. The molecule has 1 aromatic heterocycles. The lowest BCUT2D eigenvalue weighted by atomic mass is 9.93. The third kappa shape index (κ3) is 10.1. The molecule has 6 rings (SSSR count). The number of aromatic hydroxyl groups is 1. The van der Waals surface area contributed by atoms with Gasteiger partial charge in [-0.05, 0) is 69.3 Å². The van der Waals surface area contributed by atoms with Crippen molar-refractivity contribution in [2.45, 2.75) is 116 Å². The van der Waals surface area contributed by atoms with E-state index in [-0.39, 0.29) is 5.75 Å². The molecule has 0 saturated heterocycles. The summed E-state index contributed by atoms with van der Waals surface area (Å²) in [6, 6.07) is 29.3. The monoisotopic (exact) mass is 727 g/mol. The molecule has 0 radical (unpaired) electrons. The number of fused-ring (bicyclic) bond motifs is 5. The van der Waals surface area contributed by atoms with Crippen LogP contribution in [0.1, 0.15) is 111 Å². The molecule has 5 nitrogen and oxygen atoms in total. The normalized spacial score (nSPS) is 12.2. The minimum atomic E-state index is 0.113. The third-order valence-corrected chi connectivity index (χ3v) is 11.7. The molecular weight excluding hydrogens is 671 g/mol. The molecule has 1 heterocycles. The van der Waals surface area contributed by atoms with E-state index in [2.05, 4.69) is 87.5 Å². The summed E-state index contributed by atoms with van der Waals surface area (Å²) in [5.41, 5.74) is 1.54. The number of phenols is 1. The van der Waals surface area contributed by atoms with Crippen molar-refractivity contribution in [3.8, 4) is 34.3 Å². The largest absolute Gasteiger partial charge is 0.507 e. The molecule has 0 spiro atoms. The molecule has 1 N–H and O–H groups in total. The average Bonchev–Trinajstić information content (AvgIpc) is 3.19. The van der Waals surface area contributed by atoms with E-state index in [4.69, 9.17) is 19.7 Å². The predicted molar refractivity (Wildman–Crippen MR) is 226 cm³/mol. The zero-order valence-corrected chi connectivity index (χ0v) is 32.9. The molecule has 5 aromatic carbocycles. The fourth-order valence-corrected chi connectivity index (χ4v) is 8.46. The number of benzene rings is 5. The molecule has 0 amide bonds. The molecule has 0 bridgehead atoms. The van der Waals surface area contributed by atoms with Crippen molar-refractivity contribution < 1.29 is 9.84 Å². The van der Waals surface area contributed by atoms with Gasteiger partial charge in [-0.1, -0.05) is 170 Å². The minimum Gasteiger partial charge on any atom is -0.507 e. The Morgan fingerprint density at radius 1 is 0.585 bits per heavy atom. The summed E-state index contributed by atoms with van der Waals surface area (Å²) in [6.45, 7) is 7.44. The van der Waals surface area contributed by atoms with Gasteiger partial charge in [0, 0.05) is 17.4 Å². The first-order chi connectivity index (χ1) is 26.1. The minimum absolute atomic E-state index is 0.113. The molecule has 6 heteroatoms. The lowest BCUT2D eigenvalue weighted by molar-refractivity contribution is 0.302. The fraction of sp³-hybridized carbons (Fsp3) is 0.426. The maximum absolute atomic E-state index is 11.4. The fourth-order valence-electron chi connectivity index (χ4n) is 7.37. The summed E-state index contributed by atoms with van der Waals surface area (Å²) in [6.07, 6.45) is 17.6. The molecule has 0 fully saturated rings. The number of rotatable bonds is 21. The number of phenolic OH excluding ortho intramolecular Hbond substituents is 1. The SMILES string of the molecule is CCCCCCCCCCCCOc1ccc(-c2nc(SCC(CC)CCCC)nc(-c3cc4c5ccccc5ccc4c4ccccc34)n2)c(O)c1. The molecule has 0 aliphatic rings. The molecule has 0 aliphatic heterocycles. The molecule has 53 heavy (non-hydrogen) atoms. The number of ether oxygens (including phenoxy) is 1. The van der Waals surface area contributed by atoms with Crippen LogP contribution in [0.25, 0.3) is 55.1 Å². The van der Waals surface area contributed by atoms with E-state index < -0.39 is 0 Å². The van der Waals surface area contributed by atoms with Crippen molar-refractivity contribution in [2.75, 3.05) is 12.4 Å². The van der Waals surface area contributed by atoms with Crippen LogP contribution < -0.4 is 4.74 Å². The summed E-state index contributed by atoms with van der Waals surface area (Å²) in [4.78, 5) is 15.2. The van der Waals surface area contributed by atoms with E-state index in [9.17, 15) is 5.11 Å². The van der Waals surface area contributed by atoms with Gasteiger partial charge in [0.05, 0.1) is 12.2 Å². The Bertz CT molecular complexity index is 2080. The van der Waals surface area contributed by atoms with Crippen molar-refractivity contribution in [3.63, 3.8) is 0 Å². The third-order valence-electron chi connectivity index (χ3n) is 10.6. The summed E-state index contributed by atoms with van der Waals surface area (Å²) in [5, 5.41) is 19.1. The summed E-state index contributed by atoms with van der Waals surface area (Å²) in [5.74, 6) is 3.41. The van der Waals surface area contributed by atoms with Gasteiger partial charge in [0.25, 0.3) is 0 Å². The summed E-state index contributed by atoms with van der Waals surface area (Å²) >= 11 is 1.70. The Morgan fingerprint density at radius 3 is 1.94 bits per heavy atom. The topological polar surface area (TPSA) is 68.1 Å². The van der Waals surface area contributed by atoms with Crippen LogP contribution in [0.2, 0.25) is 0 Å². The zero-order chi connectivity index (χ0) is 36.8. The van der Waals surface area contributed by atoms with E-state index in [1.165, 1.54) is 104 Å². The highest BCUT2D eigenvalue weighted by molar-refractivity contribution is 7.99.